The number of benzene rings is 1. The minimum Gasteiger partial charge on any atom is -0.412 e. The zero-order chi connectivity index (χ0) is 19.4. The maximum Gasteiger partial charge on any atom is 0.309 e. The standard InChI is InChI=1S/C18H24N4O4S/c1-22(2)27(24,25)15-11-9-13(10-12-15)17-20-21-18(26-17)16(23)19-14-7-5-3-4-6-8-14/h9-12,14H,3-8H2,1-2H3,(H,19,23). The summed E-state index contributed by atoms with van der Waals surface area (Å²) in [5.74, 6) is -0.276. The molecule has 1 aliphatic rings. The summed E-state index contributed by atoms with van der Waals surface area (Å²) < 4.78 is 30.8. The van der Waals surface area contributed by atoms with E-state index in [0.717, 1.165) is 30.0 Å². The molecule has 1 heterocycles. The zero-order valence-electron chi connectivity index (χ0n) is 15.5. The van der Waals surface area contributed by atoms with Crippen LogP contribution in [0.15, 0.2) is 33.6 Å². The molecule has 0 spiro atoms. The fraction of sp³-hybridized carbons (Fsp3) is 0.500. The van der Waals surface area contributed by atoms with E-state index in [9.17, 15) is 13.2 Å². The average molecular weight is 392 g/mol. The van der Waals surface area contributed by atoms with Crippen molar-refractivity contribution >= 4 is 15.9 Å². The third-order valence-corrected chi connectivity index (χ3v) is 6.52. The van der Waals surface area contributed by atoms with Crippen LogP contribution >= 0.6 is 0 Å². The summed E-state index contributed by atoms with van der Waals surface area (Å²) in [7, 11) is -0.556. The monoisotopic (exact) mass is 392 g/mol. The number of rotatable bonds is 5. The predicted octanol–water partition coefficient (Wildman–Crippen LogP) is 2.44. The molecule has 27 heavy (non-hydrogen) atoms. The number of aromatic nitrogens is 2. The molecule has 1 fully saturated rings. The summed E-state index contributed by atoms with van der Waals surface area (Å²) in [6.07, 6.45) is 6.57. The number of sulfonamides is 1. The SMILES string of the molecule is CN(C)S(=O)(=O)c1ccc(-c2nnc(C(=O)NC3CCCCCC3)o2)cc1. The Kier molecular flexibility index (Phi) is 5.91. The van der Waals surface area contributed by atoms with E-state index < -0.39 is 10.0 Å². The molecule has 0 saturated heterocycles. The fourth-order valence-electron chi connectivity index (χ4n) is 3.08. The van der Waals surface area contributed by atoms with E-state index in [4.69, 9.17) is 4.42 Å². The number of hydrogen-bond donors (Lipinski definition) is 1. The molecule has 3 rings (SSSR count). The van der Waals surface area contributed by atoms with Crippen LogP contribution in [0.5, 0.6) is 0 Å². The highest BCUT2D eigenvalue weighted by Crippen LogP contribution is 2.22. The third kappa shape index (κ3) is 4.54. The molecule has 1 aromatic carbocycles. The summed E-state index contributed by atoms with van der Waals surface area (Å²) in [6, 6.07) is 6.25. The van der Waals surface area contributed by atoms with Gasteiger partial charge in [-0.1, -0.05) is 25.7 Å². The molecule has 1 aliphatic carbocycles. The van der Waals surface area contributed by atoms with Crippen molar-refractivity contribution in [2.45, 2.75) is 49.5 Å². The first kappa shape index (κ1) is 19.5. The Morgan fingerprint density at radius 3 is 2.30 bits per heavy atom. The van der Waals surface area contributed by atoms with Crippen molar-refractivity contribution in [2.75, 3.05) is 14.1 Å². The van der Waals surface area contributed by atoms with E-state index in [2.05, 4.69) is 15.5 Å². The van der Waals surface area contributed by atoms with E-state index in [1.165, 1.54) is 39.1 Å². The van der Waals surface area contributed by atoms with Crippen LogP contribution in [0.3, 0.4) is 0 Å². The minimum absolute atomic E-state index is 0.0840. The van der Waals surface area contributed by atoms with Gasteiger partial charge >= 0.3 is 11.8 Å². The maximum absolute atomic E-state index is 12.3. The highest BCUT2D eigenvalue weighted by molar-refractivity contribution is 7.89. The molecule has 0 aliphatic heterocycles. The first-order valence-corrected chi connectivity index (χ1v) is 10.5. The van der Waals surface area contributed by atoms with Crippen LogP contribution in [0.2, 0.25) is 0 Å². The van der Waals surface area contributed by atoms with Gasteiger partial charge in [0.1, 0.15) is 0 Å². The van der Waals surface area contributed by atoms with Gasteiger partial charge in [0.25, 0.3) is 0 Å². The van der Waals surface area contributed by atoms with Gasteiger partial charge in [-0.05, 0) is 37.1 Å². The molecule has 0 radical (unpaired) electrons. The van der Waals surface area contributed by atoms with E-state index in [1.54, 1.807) is 12.1 Å². The van der Waals surface area contributed by atoms with Gasteiger partial charge in [-0.3, -0.25) is 4.79 Å². The number of carbonyl (C=O) groups is 1. The van der Waals surface area contributed by atoms with Crippen molar-refractivity contribution in [3.05, 3.63) is 30.2 Å². The van der Waals surface area contributed by atoms with Gasteiger partial charge in [0, 0.05) is 25.7 Å². The van der Waals surface area contributed by atoms with Crippen LogP contribution in [0, 0.1) is 0 Å². The fourth-order valence-corrected chi connectivity index (χ4v) is 3.98. The molecular weight excluding hydrogens is 368 g/mol. The minimum atomic E-state index is -3.50. The Bertz CT molecular complexity index is 882. The summed E-state index contributed by atoms with van der Waals surface area (Å²) in [5.41, 5.74) is 0.550. The Balaban J connectivity index is 1.70. The van der Waals surface area contributed by atoms with Crippen LogP contribution in [-0.4, -0.2) is 49.0 Å². The molecule has 1 N–H and O–H groups in total. The summed E-state index contributed by atoms with van der Waals surface area (Å²) in [6.45, 7) is 0. The Morgan fingerprint density at radius 1 is 1.07 bits per heavy atom. The van der Waals surface area contributed by atoms with E-state index >= 15 is 0 Å². The lowest BCUT2D eigenvalue weighted by Crippen LogP contribution is -2.34. The molecule has 0 unspecified atom stereocenters. The van der Waals surface area contributed by atoms with Crippen molar-refractivity contribution in [1.29, 1.82) is 0 Å². The van der Waals surface area contributed by atoms with Gasteiger partial charge in [-0.2, -0.15) is 0 Å². The number of nitrogens with zero attached hydrogens (tertiary/aromatic N) is 3. The molecule has 1 amide bonds. The average Bonchev–Trinajstić information content (AvgIpc) is 3.01. The number of amides is 1. The molecule has 0 atom stereocenters. The van der Waals surface area contributed by atoms with E-state index in [0.29, 0.717) is 5.56 Å². The van der Waals surface area contributed by atoms with Gasteiger partial charge in [0.2, 0.25) is 15.9 Å². The predicted molar refractivity (Wildman–Crippen MR) is 99.6 cm³/mol. The lowest BCUT2D eigenvalue weighted by Gasteiger charge is -2.14. The molecule has 8 nitrogen and oxygen atoms in total. The van der Waals surface area contributed by atoms with Gasteiger partial charge < -0.3 is 9.73 Å². The molecular formula is C18H24N4O4S. The van der Waals surface area contributed by atoms with Crippen LogP contribution in [-0.2, 0) is 10.0 Å². The number of nitrogens with one attached hydrogen (secondary N) is 1. The molecule has 1 saturated carbocycles. The van der Waals surface area contributed by atoms with Gasteiger partial charge in [0.15, 0.2) is 0 Å². The lowest BCUT2D eigenvalue weighted by molar-refractivity contribution is 0.0899. The van der Waals surface area contributed by atoms with Crippen molar-refractivity contribution in [2.24, 2.45) is 0 Å². The van der Waals surface area contributed by atoms with E-state index in [1.807, 2.05) is 0 Å². The van der Waals surface area contributed by atoms with Crippen molar-refractivity contribution < 1.29 is 17.6 Å². The first-order chi connectivity index (χ1) is 12.9. The maximum atomic E-state index is 12.3. The van der Waals surface area contributed by atoms with Crippen LogP contribution in [0.4, 0.5) is 0 Å². The highest BCUT2D eigenvalue weighted by atomic mass is 32.2. The molecule has 9 heteroatoms. The smallest absolute Gasteiger partial charge is 0.309 e. The molecule has 146 valence electrons. The summed E-state index contributed by atoms with van der Waals surface area (Å²) in [5, 5.41) is 10.7. The Labute approximate surface area is 159 Å². The topological polar surface area (TPSA) is 105 Å². The Morgan fingerprint density at radius 2 is 1.70 bits per heavy atom. The lowest BCUT2D eigenvalue weighted by atomic mass is 10.1. The van der Waals surface area contributed by atoms with E-state index in [-0.39, 0.29) is 28.6 Å². The summed E-state index contributed by atoms with van der Waals surface area (Å²) >= 11 is 0. The number of carbonyl (C=O) groups excluding carboxylic acids is 1. The third-order valence-electron chi connectivity index (χ3n) is 4.69. The molecule has 2 aromatic rings. The quantitative estimate of drug-likeness (QED) is 0.784. The van der Waals surface area contributed by atoms with Crippen molar-refractivity contribution in [3.63, 3.8) is 0 Å². The van der Waals surface area contributed by atoms with Crippen LogP contribution in [0.25, 0.3) is 11.5 Å². The molecule has 0 bridgehead atoms. The van der Waals surface area contributed by atoms with Gasteiger partial charge in [-0.25, -0.2) is 12.7 Å². The first-order valence-electron chi connectivity index (χ1n) is 9.05. The second-order valence-electron chi connectivity index (χ2n) is 6.89. The van der Waals surface area contributed by atoms with Crippen LogP contribution < -0.4 is 5.32 Å². The highest BCUT2D eigenvalue weighted by Gasteiger charge is 2.21. The van der Waals surface area contributed by atoms with Gasteiger partial charge in [-0.15, -0.1) is 10.2 Å². The number of hydrogen-bond acceptors (Lipinski definition) is 6. The second-order valence-corrected chi connectivity index (χ2v) is 9.04. The van der Waals surface area contributed by atoms with Crippen molar-refractivity contribution in [1.82, 2.24) is 19.8 Å². The van der Waals surface area contributed by atoms with Crippen LogP contribution in [0.1, 0.15) is 49.2 Å². The Hall–Kier alpha value is -2.26. The van der Waals surface area contributed by atoms with Gasteiger partial charge in [0.05, 0.1) is 4.90 Å². The second kappa shape index (κ2) is 8.18. The van der Waals surface area contributed by atoms with Crippen molar-refractivity contribution in [3.8, 4) is 11.5 Å². The largest absolute Gasteiger partial charge is 0.412 e. The molecule has 1 aromatic heterocycles. The summed E-state index contributed by atoms with van der Waals surface area (Å²) in [4.78, 5) is 12.5. The zero-order valence-corrected chi connectivity index (χ0v) is 16.3. The normalized spacial score (nSPS) is 16.3.